The van der Waals surface area contributed by atoms with E-state index in [1.165, 1.54) is 5.56 Å². The van der Waals surface area contributed by atoms with Gasteiger partial charge in [0.25, 0.3) is 0 Å². The van der Waals surface area contributed by atoms with Gasteiger partial charge >= 0.3 is 0 Å². The van der Waals surface area contributed by atoms with Gasteiger partial charge in [-0.05, 0) is 24.1 Å². The zero-order valence-electron chi connectivity index (χ0n) is 14.6. The summed E-state index contributed by atoms with van der Waals surface area (Å²) < 4.78 is 3.91. The molecular formula is C21H20ClN3O. The van der Waals surface area contributed by atoms with Crippen molar-refractivity contribution in [2.24, 2.45) is 0 Å². The van der Waals surface area contributed by atoms with E-state index in [2.05, 4.69) is 24.6 Å². The van der Waals surface area contributed by atoms with Crippen molar-refractivity contribution in [2.45, 2.75) is 19.9 Å². The third-order valence-electron chi connectivity index (χ3n) is 4.73. The topological polar surface area (TPSA) is 41.7 Å². The molecule has 1 N–H and O–H groups in total. The van der Waals surface area contributed by atoms with Crippen molar-refractivity contribution >= 4 is 33.9 Å². The second kappa shape index (κ2) is 7.18. The molecule has 0 aliphatic heterocycles. The van der Waals surface area contributed by atoms with Crippen LogP contribution in [0.15, 0.2) is 61.6 Å². The molecule has 2 heterocycles. The van der Waals surface area contributed by atoms with Gasteiger partial charge < -0.3 is 17.4 Å². The minimum absolute atomic E-state index is 0. The number of para-hydroxylation sites is 3. The number of fused-ring (bicyclic) bond motifs is 2. The van der Waals surface area contributed by atoms with Crippen LogP contribution in [0.4, 0.5) is 0 Å². The van der Waals surface area contributed by atoms with Crippen LogP contribution in [0.1, 0.15) is 22.8 Å². The van der Waals surface area contributed by atoms with Gasteiger partial charge in [-0.15, -0.1) is 0 Å². The minimum atomic E-state index is 0. The third-order valence-corrected chi connectivity index (χ3v) is 4.73. The number of carbonyl (C=O) groups is 1. The van der Waals surface area contributed by atoms with E-state index in [4.69, 9.17) is 0 Å². The molecule has 4 nitrogen and oxygen atoms in total. The molecule has 0 aliphatic rings. The van der Waals surface area contributed by atoms with Gasteiger partial charge in [0.2, 0.25) is 12.1 Å². The number of benzene rings is 2. The molecule has 0 unspecified atom stereocenters. The quantitative estimate of drug-likeness (QED) is 0.415. The van der Waals surface area contributed by atoms with Crippen LogP contribution in [0.2, 0.25) is 0 Å². The number of halogens is 1. The Kier molecular flexibility index (Phi) is 4.96. The lowest BCUT2D eigenvalue weighted by Gasteiger charge is -2.01. The van der Waals surface area contributed by atoms with E-state index in [1.54, 1.807) is 6.20 Å². The molecule has 2 aromatic carbocycles. The largest absolute Gasteiger partial charge is 1.00 e. The summed E-state index contributed by atoms with van der Waals surface area (Å²) in [6, 6.07) is 14.1. The summed E-state index contributed by atoms with van der Waals surface area (Å²) in [5.74, 6) is 0.0940. The second-order valence-electron chi connectivity index (χ2n) is 6.14. The fourth-order valence-corrected chi connectivity index (χ4v) is 3.45. The van der Waals surface area contributed by atoms with Crippen molar-refractivity contribution < 1.29 is 21.8 Å². The average molecular weight is 366 g/mol. The highest BCUT2D eigenvalue weighted by Gasteiger charge is 2.20. The fourth-order valence-electron chi connectivity index (χ4n) is 3.45. The van der Waals surface area contributed by atoms with Crippen molar-refractivity contribution in [3.63, 3.8) is 0 Å². The molecule has 0 aliphatic carbocycles. The predicted molar refractivity (Wildman–Crippen MR) is 101 cm³/mol. The Balaban J connectivity index is 0.00000196. The van der Waals surface area contributed by atoms with Crippen LogP contribution in [0.5, 0.6) is 0 Å². The molecule has 26 heavy (non-hydrogen) atoms. The van der Waals surface area contributed by atoms with E-state index in [9.17, 15) is 4.79 Å². The van der Waals surface area contributed by atoms with Gasteiger partial charge in [-0.25, -0.2) is 9.13 Å². The Morgan fingerprint density at radius 1 is 1.23 bits per heavy atom. The Hall–Kier alpha value is -2.85. The first kappa shape index (κ1) is 18.0. The number of imidazole rings is 1. The molecule has 5 heteroatoms. The summed E-state index contributed by atoms with van der Waals surface area (Å²) >= 11 is 0. The number of ketones is 1. The van der Waals surface area contributed by atoms with Crippen LogP contribution in [0.25, 0.3) is 28.1 Å². The van der Waals surface area contributed by atoms with Crippen LogP contribution >= 0.6 is 0 Å². The molecule has 0 bridgehead atoms. The third kappa shape index (κ3) is 2.82. The molecule has 0 saturated heterocycles. The zero-order chi connectivity index (χ0) is 17.4. The predicted octanol–water partition coefficient (Wildman–Crippen LogP) is 0.960. The molecule has 0 radical (unpaired) electrons. The van der Waals surface area contributed by atoms with E-state index in [0.717, 1.165) is 33.9 Å². The lowest BCUT2D eigenvalue weighted by molar-refractivity contribution is -0.657. The molecule has 0 amide bonds. The summed E-state index contributed by atoms with van der Waals surface area (Å²) in [6.07, 6.45) is 6.44. The fraction of sp³-hybridized carbons (Fsp3) is 0.143. The number of aromatic nitrogens is 3. The zero-order valence-corrected chi connectivity index (χ0v) is 15.3. The number of aromatic amines is 1. The number of nitrogens with one attached hydrogen (secondary N) is 1. The highest BCUT2D eigenvalue weighted by atomic mass is 35.5. The van der Waals surface area contributed by atoms with Crippen molar-refractivity contribution in [1.82, 2.24) is 9.55 Å². The molecule has 0 fully saturated rings. The number of hydrogen-bond donors (Lipinski definition) is 1. The lowest BCUT2D eigenvalue weighted by atomic mass is 10.0. The summed E-state index contributed by atoms with van der Waals surface area (Å²) in [6.45, 7) is 6.26. The number of Topliss-reactive ketones (excluding diaryl/α,β-unsaturated/α-hetero) is 1. The molecule has 0 atom stereocenters. The maximum atomic E-state index is 13.0. The maximum Gasteiger partial charge on any atom is 0.249 e. The molecule has 2 aromatic heterocycles. The molecule has 4 aromatic rings. The summed E-state index contributed by atoms with van der Waals surface area (Å²) in [5, 5.41) is 0.998. The number of H-pyrrole nitrogens is 1. The SMILES string of the molecule is C=Cn1c[n+](CC(=O)c2c[nH]c3c(CC)cccc23)c2ccccc21.[Cl-]. The van der Waals surface area contributed by atoms with Crippen LogP contribution in [0, 0.1) is 0 Å². The van der Waals surface area contributed by atoms with Crippen LogP contribution in [-0.4, -0.2) is 15.3 Å². The standard InChI is InChI=1S/C21H19N3O.ClH/c1-3-15-8-7-9-16-17(12-22-21(15)16)20(25)13-24-14-23(4-2)18-10-5-6-11-19(18)24;/h4-12,14H,2-3,13H2,1H3;1H. The highest BCUT2D eigenvalue weighted by molar-refractivity contribution is 6.08. The molecule has 0 saturated carbocycles. The van der Waals surface area contributed by atoms with Gasteiger partial charge in [-0.3, -0.25) is 4.79 Å². The lowest BCUT2D eigenvalue weighted by Crippen LogP contribution is -3.00. The number of carbonyl (C=O) groups excluding carboxylic acids is 1. The molecule has 0 spiro atoms. The average Bonchev–Trinajstić information content (AvgIpc) is 3.23. The van der Waals surface area contributed by atoms with E-state index in [1.807, 2.05) is 58.1 Å². The number of aryl methyl sites for hydroxylation is 1. The number of rotatable bonds is 5. The smallest absolute Gasteiger partial charge is 0.249 e. The van der Waals surface area contributed by atoms with Crippen LogP contribution < -0.4 is 17.0 Å². The van der Waals surface area contributed by atoms with Gasteiger partial charge in [0.05, 0.1) is 6.20 Å². The van der Waals surface area contributed by atoms with Gasteiger partial charge in [0.15, 0.2) is 17.6 Å². The Labute approximate surface area is 158 Å². The van der Waals surface area contributed by atoms with Gasteiger partial charge in [-0.2, -0.15) is 0 Å². The Bertz CT molecular complexity index is 1110. The second-order valence-corrected chi connectivity index (χ2v) is 6.14. The van der Waals surface area contributed by atoms with Crippen molar-refractivity contribution in [3.8, 4) is 0 Å². The summed E-state index contributed by atoms with van der Waals surface area (Å²) in [7, 11) is 0. The normalized spacial score (nSPS) is 10.8. The van der Waals surface area contributed by atoms with Gasteiger partial charge in [-0.1, -0.05) is 43.8 Å². The monoisotopic (exact) mass is 365 g/mol. The number of hydrogen-bond acceptors (Lipinski definition) is 1. The first-order chi connectivity index (χ1) is 12.2. The van der Waals surface area contributed by atoms with Crippen LogP contribution in [0.3, 0.4) is 0 Å². The van der Waals surface area contributed by atoms with Crippen LogP contribution in [-0.2, 0) is 13.0 Å². The van der Waals surface area contributed by atoms with E-state index >= 15 is 0 Å². The van der Waals surface area contributed by atoms with E-state index < -0.39 is 0 Å². The molecule has 4 rings (SSSR count). The molecule has 132 valence electrons. The first-order valence-corrected chi connectivity index (χ1v) is 8.46. The first-order valence-electron chi connectivity index (χ1n) is 8.46. The minimum Gasteiger partial charge on any atom is -1.00 e. The number of nitrogens with zero attached hydrogens (tertiary/aromatic N) is 2. The van der Waals surface area contributed by atoms with E-state index in [0.29, 0.717) is 6.54 Å². The highest BCUT2D eigenvalue weighted by Crippen LogP contribution is 2.23. The van der Waals surface area contributed by atoms with Crippen molar-refractivity contribution in [2.75, 3.05) is 0 Å². The summed E-state index contributed by atoms with van der Waals surface area (Å²) in [4.78, 5) is 16.2. The van der Waals surface area contributed by atoms with Crippen molar-refractivity contribution in [3.05, 3.63) is 72.7 Å². The van der Waals surface area contributed by atoms with Gasteiger partial charge in [0, 0.05) is 22.7 Å². The summed E-state index contributed by atoms with van der Waals surface area (Å²) in [5.41, 5.74) is 5.09. The van der Waals surface area contributed by atoms with Crippen molar-refractivity contribution in [1.29, 1.82) is 0 Å². The maximum absolute atomic E-state index is 13.0. The Morgan fingerprint density at radius 3 is 2.81 bits per heavy atom. The molecular weight excluding hydrogens is 346 g/mol. The van der Waals surface area contributed by atoms with Gasteiger partial charge in [0.1, 0.15) is 0 Å². The Morgan fingerprint density at radius 2 is 2.04 bits per heavy atom. The van der Waals surface area contributed by atoms with E-state index in [-0.39, 0.29) is 18.2 Å².